The summed E-state index contributed by atoms with van der Waals surface area (Å²) in [4.78, 5) is 0. The van der Waals surface area contributed by atoms with E-state index in [0.717, 1.165) is 0 Å². The van der Waals surface area contributed by atoms with Gasteiger partial charge in [0.15, 0.2) is 0 Å². The molecule has 3 heteroatoms. The quantitative estimate of drug-likeness (QED) is 0.485. The number of methoxy groups -OCH3 is 1. The van der Waals surface area contributed by atoms with E-state index in [1.54, 1.807) is 14.0 Å². The van der Waals surface area contributed by atoms with Crippen LogP contribution < -0.4 is 0 Å². The molecule has 2 unspecified atom stereocenters. The molecule has 0 fully saturated rings. The summed E-state index contributed by atoms with van der Waals surface area (Å²) in [6.45, 7) is 3.73. The summed E-state index contributed by atoms with van der Waals surface area (Å²) in [5.74, 6) is 1.90. The molecule has 0 saturated carbocycles. The molecule has 0 spiro atoms. The summed E-state index contributed by atoms with van der Waals surface area (Å²) in [5.41, 5.74) is -0.223. The van der Waals surface area contributed by atoms with Crippen LogP contribution in [0.1, 0.15) is 13.3 Å². The average Bonchev–Trinajstić information content (AvgIpc) is 2.13. The van der Waals surface area contributed by atoms with Gasteiger partial charge < -0.3 is 0 Å². The van der Waals surface area contributed by atoms with Crippen molar-refractivity contribution >= 4 is 12.9 Å². The van der Waals surface area contributed by atoms with Crippen LogP contribution in [-0.4, -0.2) is 36.7 Å². The van der Waals surface area contributed by atoms with Crippen molar-refractivity contribution < 1.29 is 9.84 Å². The average molecular weight is 126 g/mol. The number of hydrogen-bond donors (Lipinski definition) is 1. The Bertz CT molecular complexity index is 135. The molecule has 1 rings (SSSR count). The van der Waals surface area contributed by atoms with E-state index < -0.39 is 0 Å². The third kappa shape index (κ3) is 1.40. The van der Waals surface area contributed by atoms with Crippen LogP contribution in [0.3, 0.4) is 0 Å². The van der Waals surface area contributed by atoms with Crippen molar-refractivity contribution in [2.75, 3.05) is 7.11 Å². The maximum absolute atomic E-state index is 9.03. The molecule has 50 valence electrons. The van der Waals surface area contributed by atoms with Gasteiger partial charge in [0.1, 0.15) is 0 Å². The molecular formula is C6H11BO2. The summed E-state index contributed by atoms with van der Waals surface area (Å²) in [6.07, 6.45) is 0.684. The van der Waals surface area contributed by atoms with Gasteiger partial charge in [0.25, 0.3) is 0 Å². The summed E-state index contributed by atoms with van der Waals surface area (Å²) in [6, 6.07) is -0.310. The molecule has 1 aliphatic rings. The van der Waals surface area contributed by atoms with Gasteiger partial charge in [0.2, 0.25) is 0 Å². The standard InChI is InChI=1S/C6H11BO2/c1-6(9-2)3-5(8)7-4-6/h4-5,8H,3H2,1-2H3. The van der Waals surface area contributed by atoms with Crippen molar-refractivity contribution in [1.29, 1.82) is 0 Å². The first-order chi connectivity index (χ1) is 4.16. The first-order valence-electron chi connectivity index (χ1n) is 3.09. The molecule has 0 aromatic carbocycles. The predicted octanol–water partition coefficient (Wildman–Crippen LogP) is -0.380. The fourth-order valence-corrected chi connectivity index (χ4v) is 1.02. The first-order valence-corrected chi connectivity index (χ1v) is 3.09. The molecule has 0 saturated heterocycles. The Balaban J connectivity index is 2.57. The Morgan fingerprint density at radius 1 is 1.89 bits per heavy atom. The van der Waals surface area contributed by atoms with Crippen molar-refractivity contribution in [3.63, 3.8) is 0 Å². The number of ether oxygens (including phenoxy) is 1. The van der Waals surface area contributed by atoms with Crippen LogP contribution in [0.2, 0.25) is 0 Å². The zero-order valence-electron chi connectivity index (χ0n) is 5.79. The number of rotatable bonds is 1. The summed E-state index contributed by atoms with van der Waals surface area (Å²) >= 11 is 0. The third-order valence-electron chi connectivity index (χ3n) is 1.75. The molecule has 1 aliphatic heterocycles. The molecular weight excluding hydrogens is 115 g/mol. The van der Waals surface area contributed by atoms with E-state index in [9.17, 15) is 0 Å². The molecule has 1 heterocycles. The van der Waals surface area contributed by atoms with Crippen molar-refractivity contribution in [2.24, 2.45) is 0 Å². The van der Waals surface area contributed by atoms with E-state index in [4.69, 9.17) is 9.84 Å². The zero-order valence-corrected chi connectivity index (χ0v) is 5.79. The Kier molecular flexibility index (Phi) is 1.73. The molecule has 2 atom stereocenters. The molecule has 9 heavy (non-hydrogen) atoms. The summed E-state index contributed by atoms with van der Waals surface area (Å²) in [7, 11) is 1.66. The third-order valence-corrected chi connectivity index (χ3v) is 1.75. The molecule has 0 aromatic heterocycles. The van der Waals surface area contributed by atoms with Gasteiger partial charge in [-0.25, -0.2) is 0 Å². The minimum absolute atomic E-state index is 0.223. The van der Waals surface area contributed by atoms with Crippen molar-refractivity contribution in [3.05, 3.63) is 0 Å². The van der Waals surface area contributed by atoms with Crippen LogP contribution in [0.4, 0.5) is 0 Å². The molecule has 1 N–H and O–H groups in total. The normalized spacial score (nSPS) is 41.0. The van der Waals surface area contributed by atoms with Gasteiger partial charge >= 0.3 is 54.8 Å². The van der Waals surface area contributed by atoms with Gasteiger partial charge in [-0.2, -0.15) is 0 Å². The van der Waals surface area contributed by atoms with Crippen LogP contribution in [0, 0.1) is 0 Å². The fourth-order valence-electron chi connectivity index (χ4n) is 1.02. The van der Waals surface area contributed by atoms with Crippen molar-refractivity contribution in [3.8, 4) is 0 Å². The number of hydrogen-bond acceptors (Lipinski definition) is 2. The predicted molar refractivity (Wildman–Crippen MR) is 37.9 cm³/mol. The van der Waals surface area contributed by atoms with Gasteiger partial charge in [0.05, 0.1) is 0 Å². The van der Waals surface area contributed by atoms with Crippen molar-refractivity contribution in [1.82, 2.24) is 0 Å². The van der Waals surface area contributed by atoms with Gasteiger partial charge in [-0.3, -0.25) is 0 Å². The minimum atomic E-state index is -0.310. The molecule has 0 radical (unpaired) electrons. The second kappa shape index (κ2) is 2.23. The van der Waals surface area contributed by atoms with E-state index in [0.29, 0.717) is 6.42 Å². The van der Waals surface area contributed by atoms with Crippen LogP contribution in [0.25, 0.3) is 0 Å². The van der Waals surface area contributed by atoms with E-state index in [1.165, 1.54) is 0 Å². The molecule has 0 bridgehead atoms. The number of aliphatic hydroxyl groups is 1. The fraction of sp³-hybridized carbons (Fsp3) is 0.833. The Labute approximate surface area is 55.7 Å². The second-order valence-electron chi connectivity index (χ2n) is 2.65. The van der Waals surface area contributed by atoms with Crippen LogP contribution in [0.5, 0.6) is 0 Å². The molecule has 0 aromatic rings. The van der Waals surface area contributed by atoms with Crippen molar-refractivity contribution in [2.45, 2.75) is 24.9 Å². The monoisotopic (exact) mass is 126 g/mol. The van der Waals surface area contributed by atoms with E-state index >= 15 is 0 Å². The van der Waals surface area contributed by atoms with E-state index in [2.05, 4.69) is 0 Å². The summed E-state index contributed by atoms with van der Waals surface area (Å²) < 4.78 is 5.12. The van der Waals surface area contributed by atoms with Crippen LogP contribution in [-0.2, 0) is 4.74 Å². The Morgan fingerprint density at radius 2 is 2.56 bits per heavy atom. The zero-order chi connectivity index (χ0) is 6.91. The van der Waals surface area contributed by atoms with E-state index in [1.807, 2.05) is 12.9 Å². The summed E-state index contributed by atoms with van der Waals surface area (Å²) in [5, 5.41) is 9.03. The van der Waals surface area contributed by atoms with Crippen LogP contribution in [0.15, 0.2) is 0 Å². The van der Waals surface area contributed by atoms with Gasteiger partial charge in [-0.05, 0) is 0 Å². The molecule has 0 aliphatic carbocycles. The molecule has 0 amide bonds. The number of aliphatic hydroxyl groups excluding tert-OH is 1. The van der Waals surface area contributed by atoms with Gasteiger partial charge in [-0.15, -0.1) is 0 Å². The second-order valence-corrected chi connectivity index (χ2v) is 2.65. The Hall–Kier alpha value is -0.145. The first kappa shape index (κ1) is 6.97. The van der Waals surface area contributed by atoms with Crippen LogP contribution >= 0.6 is 0 Å². The van der Waals surface area contributed by atoms with Gasteiger partial charge in [-0.1, -0.05) is 0 Å². The van der Waals surface area contributed by atoms with Gasteiger partial charge in [0, 0.05) is 0 Å². The van der Waals surface area contributed by atoms with E-state index in [-0.39, 0.29) is 11.6 Å². The maximum atomic E-state index is 9.03. The molecule has 2 nitrogen and oxygen atoms in total. The SMILES string of the molecule is COC1(C)C=BC(O)C1. The Morgan fingerprint density at radius 3 is 2.78 bits per heavy atom. The topological polar surface area (TPSA) is 29.5 Å².